The van der Waals surface area contributed by atoms with Crippen LogP contribution in [0.1, 0.15) is 16.8 Å². The fourth-order valence-corrected chi connectivity index (χ4v) is 1.80. The number of pyridine rings is 1. The van der Waals surface area contributed by atoms with Crippen LogP contribution in [0.4, 0.5) is 5.82 Å². The van der Waals surface area contributed by atoms with Crippen LogP contribution in [0.3, 0.4) is 0 Å². The smallest absolute Gasteiger partial charge is 0.255 e. The van der Waals surface area contributed by atoms with Gasteiger partial charge in [-0.25, -0.2) is 10.8 Å². The Balaban J connectivity index is 2.07. The van der Waals surface area contributed by atoms with Crippen molar-refractivity contribution in [2.45, 2.75) is 12.5 Å². The third kappa shape index (κ3) is 2.54. The molecule has 2 rings (SSSR count). The minimum Gasteiger partial charge on any atom is -0.379 e. The van der Waals surface area contributed by atoms with Gasteiger partial charge in [0.25, 0.3) is 5.91 Å². The summed E-state index contributed by atoms with van der Waals surface area (Å²) >= 11 is 0. The summed E-state index contributed by atoms with van der Waals surface area (Å²) in [5, 5.41) is 0. The molecule has 3 N–H and O–H groups in total. The first-order valence-corrected chi connectivity index (χ1v) is 5.50. The van der Waals surface area contributed by atoms with E-state index in [9.17, 15) is 4.79 Å². The van der Waals surface area contributed by atoms with E-state index in [0.717, 1.165) is 13.0 Å². The molecular formula is C11H16N4O2. The highest BCUT2D eigenvalue weighted by molar-refractivity contribution is 5.94. The molecule has 17 heavy (non-hydrogen) atoms. The van der Waals surface area contributed by atoms with Crippen molar-refractivity contribution < 1.29 is 9.53 Å². The molecule has 1 aliphatic rings. The maximum Gasteiger partial charge on any atom is 0.255 e. The normalized spacial score (nSPS) is 19.1. The van der Waals surface area contributed by atoms with Gasteiger partial charge in [0.15, 0.2) is 0 Å². The van der Waals surface area contributed by atoms with Crippen molar-refractivity contribution in [2.24, 2.45) is 5.84 Å². The Kier molecular flexibility index (Phi) is 3.55. The van der Waals surface area contributed by atoms with Gasteiger partial charge in [0.2, 0.25) is 0 Å². The molecule has 6 heteroatoms. The number of hydrogen-bond acceptors (Lipinski definition) is 5. The number of hydrazine groups is 1. The molecule has 0 spiro atoms. The molecule has 6 nitrogen and oxygen atoms in total. The summed E-state index contributed by atoms with van der Waals surface area (Å²) in [4.78, 5) is 17.8. The molecule has 2 heterocycles. The molecule has 1 aromatic heterocycles. The molecule has 0 aliphatic carbocycles. The predicted octanol–water partition coefficient (Wildman–Crippen LogP) is 0.228. The van der Waals surface area contributed by atoms with Crippen molar-refractivity contribution in [2.75, 3.05) is 25.7 Å². The van der Waals surface area contributed by atoms with Crippen LogP contribution in [0.25, 0.3) is 0 Å². The minimum atomic E-state index is -0.0448. The van der Waals surface area contributed by atoms with Crippen molar-refractivity contribution in [3.8, 4) is 0 Å². The number of nitrogens with one attached hydrogen (secondary N) is 1. The van der Waals surface area contributed by atoms with Gasteiger partial charge >= 0.3 is 0 Å². The third-order valence-corrected chi connectivity index (χ3v) is 2.93. The number of amides is 1. The van der Waals surface area contributed by atoms with Gasteiger partial charge in [-0.15, -0.1) is 0 Å². The zero-order valence-corrected chi connectivity index (χ0v) is 9.72. The molecule has 1 aliphatic heterocycles. The summed E-state index contributed by atoms with van der Waals surface area (Å²) in [5.74, 6) is 5.70. The van der Waals surface area contributed by atoms with Crippen molar-refractivity contribution in [1.82, 2.24) is 9.88 Å². The fraction of sp³-hybridized carbons (Fsp3) is 0.455. The Hall–Kier alpha value is -1.66. The van der Waals surface area contributed by atoms with Crippen LogP contribution in [0.15, 0.2) is 18.3 Å². The second kappa shape index (κ2) is 5.11. The maximum absolute atomic E-state index is 12.1. The largest absolute Gasteiger partial charge is 0.379 e. The van der Waals surface area contributed by atoms with Gasteiger partial charge in [0.1, 0.15) is 5.82 Å². The first-order valence-electron chi connectivity index (χ1n) is 5.50. The van der Waals surface area contributed by atoms with E-state index >= 15 is 0 Å². The molecule has 92 valence electrons. The van der Waals surface area contributed by atoms with Crippen LogP contribution in [0.5, 0.6) is 0 Å². The van der Waals surface area contributed by atoms with E-state index in [0.29, 0.717) is 18.0 Å². The molecular weight excluding hydrogens is 220 g/mol. The number of likely N-dealkylation sites (N-methyl/N-ethyl adjacent to an activating group) is 1. The second-order valence-electron chi connectivity index (χ2n) is 4.01. The van der Waals surface area contributed by atoms with Crippen LogP contribution in [0.2, 0.25) is 0 Å². The number of aromatic nitrogens is 1. The molecule has 1 amide bonds. The zero-order chi connectivity index (χ0) is 12.3. The minimum absolute atomic E-state index is 0.0448. The Labute approximate surface area is 99.7 Å². The molecule has 1 atom stereocenters. The van der Waals surface area contributed by atoms with Gasteiger partial charge in [-0.05, 0) is 18.6 Å². The van der Waals surface area contributed by atoms with E-state index in [1.165, 1.54) is 6.20 Å². The summed E-state index contributed by atoms with van der Waals surface area (Å²) in [5.41, 5.74) is 2.98. The average molecular weight is 236 g/mol. The standard InChI is InChI=1S/C11H16N4O2/c1-15(9-4-5-17-7-9)11(16)8-2-3-10(14-12)13-6-8/h2-3,6,9H,4-5,7,12H2,1H3,(H,13,14). The number of rotatable bonds is 3. The Morgan fingerprint density at radius 2 is 2.47 bits per heavy atom. The maximum atomic E-state index is 12.1. The molecule has 0 radical (unpaired) electrons. The summed E-state index contributed by atoms with van der Waals surface area (Å²) in [6.07, 6.45) is 2.40. The molecule has 1 saturated heterocycles. The molecule has 1 fully saturated rings. The van der Waals surface area contributed by atoms with Crippen LogP contribution in [-0.4, -0.2) is 42.1 Å². The zero-order valence-electron chi connectivity index (χ0n) is 9.72. The topological polar surface area (TPSA) is 80.5 Å². The summed E-state index contributed by atoms with van der Waals surface area (Å²) in [6, 6.07) is 3.54. The van der Waals surface area contributed by atoms with Crippen LogP contribution < -0.4 is 11.3 Å². The number of nitrogen functional groups attached to an aromatic ring is 1. The highest BCUT2D eigenvalue weighted by Crippen LogP contribution is 2.14. The molecule has 1 unspecified atom stereocenters. The summed E-state index contributed by atoms with van der Waals surface area (Å²) in [6.45, 7) is 1.33. The third-order valence-electron chi connectivity index (χ3n) is 2.93. The van der Waals surface area contributed by atoms with Crippen molar-refractivity contribution in [3.63, 3.8) is 0 Å². The number of anilines is 1. The lowest BCUT2D eigenvalue weighted by Gasteiger charge is -2.23. The number of hydrogen-bond donors (Lipinski definition) is 2. The lowest BCUT2D eigenvalue weighted by molar-refractivity contribution is 0.0711. The SMILES string of the molecule is CN(C(=O)c1ccc(NN)nc1)C1CCOC1. The van der Waals surface area contributed by atoms with Gasteiger partial charge in [-0.2, -0.15) is 0 Å². The average Bonchev–Trinajstić information content (AvgIpc) is 2.91. The van der Waals surface area contributed by atoms with Crippen LogP contribution >= 0.6 is 0 Å². The van der Waals surface area contributed by atoms with Gasteiger partial charge in [-0.3, -0.25) is 4.79 Å². The van der Waals surface area contributed by atoms with Crippen LogP contribution in [0, 0.1) is 0 Å². The summed E-state index contributed by atoms with van der Waals surface area (Å²) < 4.78 is 5.26. The van der Waals surface area contributed by atoms with E-state index in [2.05, 4.69) is 10.4 Å². The lowest BCUT2D eigenvalue weighted by atomic mass is 10.2. The van der Waals surface area contributed by atoms with Gasteiger partial charge in [0.05, 0.1) is 18.2 Å². The highest BCUT2D eigenvalue weighted by atomic mass is 16.5. The monoisotopic (exact) mass is 236 g/mol. The van der Waals surface area contributed by atoms with Gasteiger partial charge < -0.3 is 15.1 Å². The quantitative estimate of drug-likeness (QED) is 0.580. The first-order chi connectivity index (χ1) is 8.22. The van der Waals surface area contributed by atoms with Crippen molar-refractivity contribution in [1.29, 1.82) is 0 Å². The number of ether oxygens (including phenoxy) is 1. The first kappa shape index (κ1) is 11.8. The Morgan fingerprint density at radius 1 is 1.65 bits per heavy atom. The lowest BCUT2D eigenvalue weighted by Crippen LogP contribution is -2.37. The van der Waals surface area contributed by atoms with E-state index in [-0.39, 0.29) is 11.9 Å². The molecule has 0 aromatic carbocycles. The number of nitrogens with zero attached hydrogens (tertiary/aromatic N) is 2. The number of nitrogens with two attached hydrogens (primary N) is 1. The van der Waals surface area contributed by atoms with Crippen molar-refractivity contribution >= 4 is 11.7 Å². The fourth-order valence-electron chi connectivity index (χ4n) is 1.80. The van der Waals surface area contributed by atoms with E-state index < -0.39 is 0 Å². The summed E-state index contributed by atoms with van der Waals surface area (Å²) in [7, 11) is 1.79. The number of carbonyl (C=O) groups excluding carboxylic acids is 1. The van der Waals surface area contributed by atoms with E-state index in [4.69, 9.17) is 10.6 Å². The van der Waals surface area contributed by atoms with Gasteiger partial charge in [0, 0.05) is 19.9 Å². The van der Waals surface area contributed by atoms with E-state index in [1.807, 2.05) is 0 Å². The predicted molar refractivity (Wildman–Crippen MR) is 63.4 cm³/mol. The number of carbonyl (C=O) groups is 1. The second-order valence-corrected chi connectivity index (χ2v) is 4.01. The molecule has 0 saturated carbocycles. The van der Waals surface area contributed by atoms with Gasteiger partial charge in [-0.1, -0.05) is 0 Å². The van der Waals surface area contributed by atoms with E-state index in [1.54, 1.807) is 24.1 Å². The van der Waals surface area contributed by atoms with Crippen LogP contribution in [-0.2, 0) is 4.74 Å². The highest BCUT2D eigenvalue weighted by Gasteiger charge is 2.24. The Bertz CT molecular complexity index is 387. The molecule has 1 aromatic rings. The molecule has 0 bridgehead atoms. The Morgan fingerprint density at radius 3 is 3.00 bits per heavy atom. The van der Waals surface area contributed by atoms with Crippen molar-refractivity contribution in [3.05, 3.63) is 23.9 Å².